The first-order valence-electron chi connectivity index (χ1n) is 15.0. The number of aliphatic hydroxyl groups is 1. The number of hydrogen-bond acceptors (Lipinski definition) is 8. The van der Waals surface area contributed by atoms with E-state index in [1.807, 2.05) is 0 Å². The fourth-order valence-electron chi connectivity index (χ4n) is 6.66. The first kappa shape index (κ1) is 29.9. The van der Waals surface area contributed by atoms with Gasteiger partial charge in [-0.2, -0.15) is 0 Å². The maximum atomic E-state index is 15.1. The smallest absolute Gasteiger partial charge is 0.343 e. The molecular weight excluding hydrogens is 571 g/mol. The van der Waals surface area contributed by atoms with E-state index in [0.717, 1.165) is 22.1 Å². The predicted molar refractivity (Wildman–Crippen MR) is 157 cm³/mol. The lowest BCUT2D eigenvalue weighted by atomic mass is 9.81. The number of esters is 1. The fourth-order valence-corrected chi connectivity index (χ4v) is 6.66. The molecule has 0 saturated carbocycles. The van der Waals surface area contributed by atoms with E-state index in [9.17, 15) is 24.3 Å². The van der Waals surface area contributed by atoms with Crippen LogP contribution in [-0.4, -0.2) is 45.3 Å². The molecule has 2 amide bonds. The van der Waals surface area contributed by atoms with Crippen LogP contribution in [-0.2, 0) is 49.0 Å². The van der Waals surface area contributed by atoms with E-state index in [1.54, 1.807) is 33.8 Å². The minimum Gasteiger partial charge on any atom is -0.458 e. The number of aromatic nitrogens is 2. The molecule has 3 N–H and O–H groups in total. The van der Waals surface area contributed by atoms with E-state index in [-0.39, 0.29) is 55.7 Å². The van der Waals surface area contributed by atoms with Gasteiger partial charge in [0.2, 0.25) is 11.8 Å². The molecule has 0 fully saturated rings. The van der Waals surface area contributed by atoms with Crippen molar-refractivity contribution in [2.24, 2.45) is 0 Å². The molecule has 2 aliphatic heterocycles. The third-order valence-electron chi connectivity index (χ3n) is 9.14. The van der Waals surface area contributed by atoms with E-state index in [2.05, 4.69) is 10.6 Å². The number of rotatable bonds is 8. The molecule has 0 radical (unpaired) electrons. The van der Waals surface area contributed by atoms with Crippen molar-refractivity contribution in [2.45, 2.75) is 90.7 Å². The van der Waals surface area contributed by atoms with Crippen molar-refractivity contribution in [3.05, 3.63) is 61.7 Å². The van der Waals surface area contributed by atoms with Crippen LogP contribution in [0.25, 0.3) is 22.3 Å². The van der Waals surface area contributed by atoms with E-state index < -0.39 is 35.1 Å². The maximum Gasteiger partial charge on any atom is 0.343 e. The number of nitrogens with one attached hydrogen (secondary N) is 2. The van der Waals surface area contributed by atoms with E-state index >= 15 is 4.39 Å². The number of pyridine rings is 2. The zero-order valence-corrected chi connectivity index (χ0v) is 25.1. The Morgan fingerprint density at radius 3 is 2.73 bits per heavy atom. The minimum atomic E-state index is -1.97. The lowest BCUT2D eigenvalue weighted by molar-refractivity contribution is -0.172. The molecule has 11 nitrogen and oxygen atoms in total. The van der Waals surface area contributed by atoms with Crippen LogP contribution in [0.5, 0.6) is 0 Å². The number of nitrogens with zero attached hydrogens (tertiary/aromatic N) is 2. The molecule has 2 aromatic heterocycles. The van der Waals surface area contributed by atoms with Gasteiger partial charge >= 0.3 is 5.97 Å². The normalized spacial score (nSPS) is 20.4. The molecular formula is C32H35FN4O7. The number of carbonyl (C=O) groups excluding carboxylic acids is 3. The van der Waals surface area contributed by atoms with Gasteiger partial charge in [-0.05, 0) is 55.9 Å². The lowest BCUT2D eigenvalue weighted by Gasteiger charge is -2.31. The van der Waals surface area contributed by atoms with Gasteiger partial charge in [-0.15, -0.1) is 0 Å². The molecule has 1 unspecified atom stereocenters. The molecule has 44 heavy (non-hydrogen) atoms. The summed E-state index contributed by atoms with van der Waals surface area (Å²) in [5, 5.41) is 17.7. The maximum absolute atomic E-state index is 15.1. The Balaban J connectivity index is 1.42. The van der Waals surface area contributed by atoms with Gasteiger partial charge in [0.05, 0.1) is 47.6 Å². The van der Waals surface area contributed by atoms with Gasteiger partial charge in [-0.25, -0.2) is 14.2 Å². The summed E-state index contributed by atoms with van der Waals surface area (Å²) < 4.78 is 27.4. The molecule has 4 heterocycles. The topological polar surface area (TPSA) is 149 Å². The summed E-state index contributed by atoms with van der Waals surface area (Å²) in [7, 11) is 0. The monoisotopic (exact) mass is 606 g/mol. The number of hydrogen-bond donors (Lipinski definition) is 3. The van der Waals surface area contributed by atoms with Crippen molar-refractivity contribution < 1.29 is 33.4 Å². The molecule has 6 rings (SSSR count). The molecule has 1 aliphatic carbocycles. The summed E-state index contributed by atoms with van der Waals surface area (Å²) in [6.07, 6.45) is 0.979. The highest BCUT2D eigenvalue weighted by molar-refractivity contribution is 5.94. The Morgan fingerprint density at radius 2 is 2.00 bits per heavy atom. The van der Waals surface area contributed by atoms with Gasteiger partial charge in [-0.3, -0.25) is 14.4 Å². The van der Waals surface area contributed by atoms with E-state index in [4.69, 9.17) is 14.5 Å². The number of carbonyl (C=O) groups is 3. The first-order chi connectivity index (χ1) is 21.0. The number of benzene rings is 1. The predicted octanol–water partition coefficient (Wildman–Crippen LogP) is 2.91. The van der Waals surface area contributed by atoms with Crippen LogP contribution < -0.4 is 16.2 Å². The van der Waals surface area contributed by atoms with Crippen LogP contribution in [0.15, 0.2) is 16.9 Å². The van der Waals surface area contributed by atoms with Gasteiger partial charge in [0.25, 0.3) is 5.56 Å². The third kappa shape index (κ3) is 4.67. The van der Waals surface area contributed by atoms with Crippen LogP contribution >= 0.6 is 0 Å². The number of ether oxygens (including phenoxy) is 2. The second kappa shape index (κ2) is 11.1. The molecule has 12 heteroatoms. The van der Waals surface area contributed by atoms with Crippen LogP contribution in [0, 0.1) is 12.7 Å². The highest BCUT2D eigenvalue weighted by Gasteiger charge is 2.46. The second-order valence-corrected chi connectivity index (χ2v) is 11.7. The van der Waals surface area contributed by atoms with Crippen molar-refractivity contribution in [2.75, 3.05) is 6.73 Å². The van der Waals surface area contributed by atoms with Crippen LogP contribution in [0.3, 0.4) is 0 Å². The van der Waals surface area contributed by atoms with Gasteiger partial charge in [0.15, 0.2) is 5.60 Å². The van der Waals surface area contributed by atoms with E-state index in [0.29, 0.717) is 41.7 Å². The molecule has 0 spiro atoms. The highest BCUT2D eigenvalue weighted by atomic mass is 19.1. The Labute approximate surface area is 252 Å². The molecule has 3 atom stereocenters. The fraction of sp³-hybridized carbons (Fsp3) is 0.469. The van der Waals surface area contributed by atoms with Gasteiger partial charge in [0.1, 0.15) is 19.2 Å². The van der Waals surface area contributed by atoms with Crippen molar-refractivity contribution >= 4 is 28.7 Å². The zero-order chi connectivity index (χ0) is 31.5. The number of amides is 2. The van der Waals surface area contributed by atoms with Crippen molar-refractivity contribution in [3.8, 4) is 11.4 Å². The first-order valence-corrected chi connectivity index (χ1v) is 15.0. The van der Waals surface area contributed by atoms with Gasteiger partial charge in [-0.1, -0.05) is 13.8 Å². The summed E-state index contributed by atoms with van der Waals surface area (Å²) in [6, 6.07) is 2.56. The molecule has 0 saturated heterocycles. The Hall–Kier alpha value is -4.16. The molecule has 232 valence electrons. The summed E-state index contributed by atoms with van der Waals surface area (Å²) in [6.45, 7) is 6.77. The largest absolute Gasteiger partial charge is 0.458 e. The van der Waals surface area contributed by atoms with Gasteiger partial charge in [0, 0.05) is 29.0 Å². The zero-order valence-electron chi connectivity index (χ0n) is 25.1. The van der Waals surface area contributed by atoms with Crippen molar-refractivity contribution in [1.82, 2.24) is 20.2 Å². The second-order valence-electron chi connectivity index (χ2n) is 11.7. The molecule has 0 bridgehead atoms. The third-order valence-corrected chi connectivity index (χ3v) is 9.14. The lowest BCUT2D eigenvalue weighted by Crippen LogP contribution is -2.44. The average molecular weight is 607 g/mol. The van der Waals surface area contributed by atoms with Gasteiger partial charge < -0.3 is 29.8 Å². The number of cyclic esters (lactones) is 1. The van der Waals surface area contributed by atoms with Crippen molar-refractivity contribution in [3.63, 3.8) is 0 Å². The Kier molecular flexibility index (Phi) is 7.53. The SMILES string of the molecule is CCC(=O)NCOC(C)CC(=O)N[C@H]1CCc2c(C)c(F)cc3nc4c(c1c23)Cn1c-4cc2c(c1=O)COC(=O)[C@]2(O)CC. The molecule has 3 aliphatic rings. The summed E-state index contributed by atoms with van der Waals surface area (Å²) in [5.41, 5.74) is 2.16. The number of aryl methyl sites for hydroxylation is 1. The summed E-state index contributed by atoms with van der Waals surface area (Å²) >= 11 is 0. The Bertz CT molecular complexity index is 1800. The summed E-state index contributed by atoms with van der Waals surface area (Å²) in [4.78, 5) is 55.9. The number of fused-ring (bicyclic) bond motifs is 5. The van der Waals surface area contributed by atoms with Crippen LogP contribution in [0.4, 0.5) is 4.39 Å². The molecule has 1 aromatic carbocycles. The highest BCUT2D eigenvalue weighted by Crippen LogP contribution is 2.46. The van der Waals surface area contributed by atoms with Crippen LogP contribution in [0.2, 0.25) is 0 Å². The quantitative estimate of drug-likeness (QED) is 0.205. The average Bonchev–Trinajstić information content (AvgIpc) is 3.36. The standard InChI is InChI=1S/C32H35FN4O7/c1-5-25(38)34-14-44-15(3)9-26(39)35-22-8-7-17-16(4)21(33)11-23-27(17)28(22)18-12-37-24(29(18)36-23)10-20-19(30(37)40)13-43-31(41)32(20,42)6-2/h10-11,15,22,42H,5-9,12-14H2,1-4H3,(H,34,38)(H,35,39)/t15?,22-,32-/m0/s1. The molecule has 3 aromatic rings. The minimum absolute atomic E-state index is 0.00201. The van der Waals surface area contributed by atoms with Crippen LogP contribution in [0.1, 0.15) is 85.9 Å². The Morgan fingerprint density at radius 1 is 1.23 bits per heavy atom. The van der Waals surface area contributed by atoms with E-state index in [1.165, 1.54) is 10.6 Å². The summed E-state index contributed by atoms with van der Waals surface area (Å²) in [5.74, 6) is -1.60. The van der Waals surface area contributed by atoms with Crippen molar-refractivity contribution in [1.29, 1.82) is 0 Å². The number of halogens is 1.